The van der Waals surface area contributed by atoms with Gasteiger partial charge in [-0.25, -0.2) is 8.78 Å². The van der Waals surface area contributed by atoms with Crippen molar-refractivity contribution in [3.05, 3.63) is 0 Å². The minimum absolute atomic E-state index is 0.371. The number of nitrogens with one attached hydrogen (secondary N) is 1. The number of aliphatic hydroxyl groups is 5. The van der Waals surface area contributed by atoms with Gasteiger partial charge in [0, 0.05) is 13.3 Å². The third-order valence-electron chi connectivity index (χ3n) is 6.75. The van der Waals surface area contributed by atoms with Crippen molar-refractivity contribution in [3.63, 3.8) is 0 Å². The fourth-order valence-electron chi connectivity index (χ4n) is 4.30. The van der Waals surface area contributed by atoms with E-state index in [9.17, 15) is 39.1 Å². The average Bonchev–Trinajstić information content (AvgIpc) is 2.86. The normalized spacial score (nSPS) is 44.6. The van der Waals surface area contributed by atoms with Crippen molar-refractivity contribution in [3.8, 4) is 0 Å². The lowest BCUT2D eigenvalue weighted by atomic mass is 9.95. The molecule has 3 saturated heterocycles. The van der Waals surface area contributed by atoms with Gasteiger partial charge in [0.15, 0.2) is 18.9 Å². The molecular weight excluding hydrogens is 522 g/mol. The largest absolute Gasteiger partial charge is 0.389 e. The van der Waals surface area contributed by atoms with E-state index in [2.05, 4.69) is 5.32 Å². The van der Waals surface area contributed by atoms with Crippen molar-refractivity contribution < 1.29 is 67.5 Å². The number of alkyl halides is 2. The van der Waals surface area contributed by atoms with E-state index in [-0.39, 0.29) is 6.61 Å². The molecule has 1 amide bonds. The highest BCUT2D eigenvalue weighted by Gasteiger charge is 2.49. The fraction of sp³-hybridized carbons (Fsp3) is 0.955. The molecule has 3 fully saturated rings. The van der Waals surface area contributed by atoms with E-state index in [1.54, 1.807) is 6.92 Å². The average molecular weight is 561 g/mol. The van der Waals surface area contributed by atoms with Gasteiger partial charge in [-0.3, -0.25) is 4.79 Å². The molecule has 38 heavy (non-hydrogen) atoms. The SMILES string of the molecule is CCC(F)(F)COC1OCC(O)C(OC2OCC(OC3OC(C)C(N)C(O)C3NC(C)=O)C(O)C2O)C1O. The van der Waals surface area contributed by atoms with E-state index in [0.29, 0.717) is 0 Å². The minimum atomic E-state index is -3.16. The van der Waals surface area contributed by atoms with Gasteiger partial charge in [0.05, 0.1) is 31.5 Å². The number of carbonyl (C=O) groups is 1. The van der Waals surface area contributed by atoms with Crippen LogP contribution in [-0.4, -0.2) is 137 Å². The molecule has 0 spiro atoms. The number of aliphatic hydroxyl groups excluding tert-OH is 5. The summed E-state index contributed by atoms with van der Waals surface area (Å²) in [6.07, 6.45) is -16.0. The number of hydrogen-bond donors (Lipinski definition) is 7. The van der Waals surface area contributed by atoms with Crippen LogP contribution in [0.5, 0.6) is 0 Å². The summed E-state index contributed by atoms with van der Waals surface area (Å²) >= 11 is 0. The lowest BCUT2D eigenvalue weighted by Crippen LogP contribution is -2.67. The third kappa shape index (κ3) is 7.32. The van der Waals surface area contributed by atoms with Crippen molar-refractivity contribution in [2.24, 2.45) is 5.73 Å². The van der Waals surface area contributed by atoms with E-state index < -0.39 is 111 Å². The van der Waals surface area contributed by atoms with Crippen LogP contribution in [0.3, 0.4) is 0 Å². The van der Waals surface area contributed by atoms with Gasteiger partial charge in [-0.2, -0.15) is 0 Å². The summed E-state index contributed by atoms with van der Waals surface area (Å²) in [5.41, 5.74) is 5.91. The second-order valence-corrected chi connectivity index (χ2v) is 9.74. The number of amides is 1. The number of halogens is 2. The Morgan fingerprint density at radius 1 is 1.00 bits per heavy atom. The van der Waals surface area contributed by atoms with Crippen LogP contribution < -0.4 is 11.1 Å². The first kappa shape index (κ1) is 31.4. The zero-order chi connectivity index (χ0) is 28.4. The summed E-state index contributed by atoms with van der Waals surface area (Å²) < 4.78 is 59.5. The highest BCUT2D eigenvalue weighted by atomic mass is 19.3. The summed E-state index contributed by atoms with van der Waals surface area (Å²) in [4.78, 5) is 11.6. The molecule has 3 aliphatic heterocycles. The quantitative estimate of drug-likeness (QED) is 0.149. The van der Waals surface area contributed by atoms with Crippen LogP contribution in [0.25, 0.3) is 0 Å². The van der Waals surface area contributed by atoms with Gasteiger partial charge in [0.2, 0.25) is 5.91 Å². The Bertz CT molecular complexity index is 785. The molecule has 0 aliphatic carbocycles. The van der Waals surface area contributed by atoms with Crippen molar-refractivity contribution in [1.82, 2.24) is 5.32 Å². The van der Waals surface area contributed by atoms with E-state index in [1.807, 2.05) is 0 Å². The van der Waals surface area contributed by atoms with Crippen LogP contribution >= 0.6 is 0 Å². The lowest BCUT2D eigenvalue weighted by molar-refractivity contribution is -0.350. The van der Waals surface area contributed by atoms with Gasteiger partial charge in [-0.05, 0) is 6.92 Å². The summed E-state index contributed by atoms with van der Waals surface area (Å²) in [5, 5.41) is 55.0. The van der Waals surface area contributed by atoms with Crippen LogP contribution in [-0.2, 0) is 33.2 Å². The molecular formula is C22H38F2N2O12. The van der Waals surface area contributed by atoms with E-state index in [1.165, 1.54) is 13.8 Å². The number of nitrogens with two attached hydrogens (primary N) is 1. The van der Waals surface area contributed by atoms with Crippen molar-refractivity contribution >= 4 is 5.91 Å². The number of carbonyl (C=O) groups excluding carboxylic acids is 1. The molecule has 0 saturated carbocycles. The lowest BCUT2D eigenvalue weighted by Gasteiger charge is -2.46. The van der Waals surface area contributed by atoms with Crippen LogP contribution in [0.2, 0.25) is 0 Å². The Kier molecular flexibility index (Phi) is 10.7. The molecule has 0 aromatic heterocycles. The Hall–Kier alpha value is -1.15. The maximum Gasteiger partial charge on any atom is 0.270 e. The number of ether oxygens (including phenoxy) is 6. The highest BCUT2D eigenvalue weighted by molar-refractivity contribution is 5.73. The predicted octanol–water partition coefficient (Wildman–Crippen LogP) is -3.09. The third-order valence-corrected chi connectivity index (χ3v) is 6.75. The summed E-state index contributed by atoms with van der Waals surface area (Å²) in [5.74, 6) is -3.65. The Balaban J connectivity index is 1.61. The minimum Gasteiger partial charge on any atom is -0.389 e. The van der Waals surface area contributed by atoms with Gasteiger partial charge >= 0.3 is 0 Å². The van der Waals surface area contributed by atoms with E-state index >= 15 is 0 Å². The zero-order valence-corrected chi connectivity index (χ0v) is 21.3. The Labute approximate surface area is 217 Å². The first-order chi connectivity index (χ1) is 17.8. The van der Waals surface area contributed by atoms with E-state index in [4.69, 9.17) is 34.2 Å². The topological polar surface area (TPSA) is 212 Å². The molecule has 13 unspecified atom stereocenters. The molecule has 0 aromatic carbocycles. The second-order valence-electron chi connectivity index (χ2n) is 9.74. The molecule has 222 valence electrons. The standard InChI is InChI=1S/C22H38F2N2O12/c1-4-22(23,24)7-35-20-17(32)18(10(28)5-33-20)38-21-16(31)14(29)11(6-34-21)37-19-13(26-9(3)27)15(30)12(25)8(2)36-19/h8,10-21,28-32H,4-7,25H2,1-3H3,(H,26,27). The first-order valence-corrected chi connectivity index (χ1v) is 12.4. The maximum atomic E-state index is 13.5. The molecule has 13 atom stereocenters. The molecule has 16 heteroatoms. The first-order valence-electron chi connectivity index (χ1n) is 12.4. The van der Waals surface area contributed by atoms with Crippen molar-refractivity contribution in [2.45, 2.75) is 113 Å². The van der Waals surface area contributed by atoms with E-state index in [0.717, 1.165) is 0 Å². The summed E-state index contributed by atoms with van der Waals surface area (Å²) in [6, 6.07) is -1.91. The molecule has 3 rings (SSSR count). The zero-order valence-electron chi connectivity index (χ0n) is 21.3. The molecule has 14 nitrogen and oxygen atoms in total. The van der Waals surface area contributed by atoms with Crippen LogP contribution in [0, 0.1) is 0 Å². The van der Waals surface area contributed by atoms with Gasteiger partial charge in [0.25, 0.3) is 5.92 Å². The van der Waals surface area contributed by atoms with Gasteiger partial charge in [0.1, 0.15) is 49.3 Å². The Morgan fingerprint density at radius 3 is 2.29 bits per heavy atom. The summed E-state index contributed by atoms with van der Waals surface area (Å²) in [7, 11) is 0. The van der Waals surface area contributed by atoms with Crippen LogP contribution in [0.1, 0.15) is 27.2 Å². The summed E-state index contributed by atoms with van der Waals surface area (Å²) in [6.45, 7) is 2.25. The molecule has 0 aromatic rings. The molecule has 3 heterocycles. The Morgan fingerprint density at radius 2 is 1.66 bits per heavy atom. The highest BCUT2D eigenvalue weighted by Crippen LogP contribution is 2.29. The second kappa shape index (κ2) is 13.0. The monoisotopic (exact) mass is 560 g/mol. The van der Waals surface area contributed by atoms with Crippen LogP contribution in [0.4, 0.5) is 8.78 Å². The predicted molar refractivity (Wildman–Crippen MR) is 120 cm³/mol. The number of rotatable bonds is 9. The van der Waals surface area contributed by atoms with Crippen LogP contribution in [0.15, 0.2) is 0 Å². The van der Waals surface area contributed by atoms with Crippen molar-refractivity contribution in [1.29, 1.82) is 0 Å². The maximum absolute atomic E-state index is 13.5. The fourth-order valence-corrected chi connectivity index (χ4v) is 4.30. The molecule has 0 radical (unpaired) electrons. The smallest absolute Gasteiger partial charge is 0.270 e. The molecule has 0 bridgehead atoms. The van der Waals surface area contributed by atoms with Gasteiger partial charge in [-0.15, -0.1) is 0 Å². The van der Waals surface area contributed by atoms with Gasteiger partial charge in [-0.1, -0.05) is 6.92 Å². The molecule has 3 aliphatic rings. The van der Waals surface area contributed by atoms with Crippen molar-refractivity contribution in [2.75, 3.05) is 19.8 Å². The van der Waals surface area contributed by atoms with Gasteiger partial charge < -0.3 is 65.0 Å². The number of hydrogen-bond acceptors (Lipinski definition) is 13. The molecule has 8 N–H and O–H groups in total.